The first-order valence-electron chi connectivity index (χ1n) is 6.31. The third kappa shape index (κ3) is 3.71. The number of carbonyl (C=O) groups is 1. The Morgan fingerprint density at radius 3 is 2.95 bits per heavy atom. The molecule has 0 bridgehead atoms. The summed E-state index contributed by atoms with van der Waals surface area (Å²) in [5, 5.41) is 3.80. The van der Waals surface area contributed by atoms with Gasteiger partial charge in [-0.15, -0.1) is 0 Å². The molecule has 4 nitrogen and oxygen atoms in total. The fraction of sp³-hybridized carbons (Fsp3) is 0.200. The molecule has 1 aromatic heterocycles. The molecule has 2 aromatic rings. The molecule has 0 spiro atoms. The number of aromatic nitrogens is 1. The van der Waals surface area contributed by atoms with E-state index in [0.717, 1.165) is 5.56 Å². The third-order valence-corrected chi connectivity index (χ3v) is 2.89. The topological polar surface area (TPSA) is 51.2 Å². The largest absolute Gasteiger partial charge is 0.462 e. The van der Waals surface area contributed by atoms with Crippen molar-refractivity contribution in [3.63, 3.8) is 0 Å². The van der Waals surface area contributed by atoms with Gasteiger partial charge < -0.3 is 10.1 Å². The van der Waals surface area contributed by atoms with Gasteiger partial charge in [0, 0.05) is 17.8 Å². The molecule has 0 saturated heterocycles. The molecule has 0 radical (unpaired) electrons. The Kier molecular flexibility index (Phi) is 4.96. The quantitative estimate of drug-likeness (QED) is 0.856. The Morgan fingerprint density at radius 1 is 1.35 bits per heavy atom. The van der Waals surface area contributed by atoms with Crippen LogP contribution in [0.5, 0.6) is 0 Å². The van der Waals surface area contributed by atoms with Gasteiger partial charge >= 0.3 is 5.97 Å². The van der Waals surface area contributed by atoms with Gasteiger partial charge in [0.05, 0.1) is 6.61 Å². The van der Waals surface area contributed by atoms with Gasteiger partial charge in [0.2, 0.25) is 0 Å². The second kappa shape index (κ2) is 6.91. The smallest absolute Gasteiger partial charge is 0.341 e. The summed E-state index contributed by atoms with van der Waals surface area (Å²) < 4.78 is 5.00. The van der Waals surface area contributed by atoms with Crippen LogP contribution >= 0.6 is 11.6 Å². The summed E-state index contributed by atoms with van der Waals surface area (Å²) in [4.78, 5) is 16.0. The maximum atomic E-state index is 11.8. The van der Waals surface area contributed by atoms with E-state index < -0.39 is 0 Å². The number of nitrogens with one attached hydrogen (secondary N) is 1. The van der Waals surface area contributed by atoms with E-state index in [-0.39, 0.29) is 5.97 Å². The summed E-state index contributed by atoms with van der Waals surface area (Å²) in [7, 11) is 0. The number of nitrogens with zero attached hydrogens (tertiary/aromatic N) is 1. The minimum absolute atomic E-state index is 0.335. The maximum absolute atomic E-state index is 11.8. The molecule has 0 saturated carbocycles. The number of hydrogen-bond donors (Lipinski definition) is 1. The van der Waals surface area contributed by atoms with Crippen LogP contribution in [-0.2, 0) is 11.3 Å². The number of anilines is 1. The molecular weight excluding hydrogens is 276 g/mol. The van der Waals surface area contributed by atoms with E-state index >= 15 is 0 Å². The molecule has 104 valence electrons. The lowest BCUT2D eigenvalue weighted by Crippen LogP contribution is -2.11. The Bertz CT molecular complexity index is 602. The second-order valence-electron chi connectivity index (χ2n) is 4.10. The zero-order valence-electron chi connectivity index (χ0n) is 11.1. The fourth-order valence-corrected chi connectivity index (χ4v) is 1.97. The zero-order chi connectivity index (χ0) is 14.4. The SMILES string of the molecule is CCOC(=O)c1cccnc1NCc1cccc(Cl)c1. The monoisotopic (exact) mass is 290 g/mol. The van der Waals surface area contributed by atoms with Crippen LogP contribution in [0.25, 0.3) is 0 Å². The van der Waals surface area contributed by atoms with Crippen LogP contribution in [0.3, 0.4) is 0 Å². The zero-order valence-corrected chi connectivity index (χ0v) is 11.9. The van der Waals surface area contributed by atoms with Crippen molar-refractivity contribution in [1.82, 2.24) is 4.98 Å². The normalized spacial score (nSPS) is 10.1. The van der Waals surface area contributed by atoms with Crippen molar-refractivity contribution < 1.29 is 9.53 Å². The van der Waals surface area contributed by atoms with E-state index in [1.807, 2.05) is 24.3 Å². The molecule has 5 heteroatoms. The van der Waals surface area contributed by atoms with Crippen LogP contribution in [0.1, 0.15) is 22.8 Å². The number of hydrogen-bond acceptors (Lipinski definition) is 4. The van der Waals surface area contributed by atoms with Gasteiger partial charge in [-0.25, -0.2) is 9.78 Å². The molecule has 0 aliphatic rings. The number of ether oxygens (including phenoxy) is 1. The summed E-state index contributed by atoms with van der Waals surface area (Å²) in [6.07, 6.45) is 1.63. The predicted octanol–water partition coefficient (Wildman–Crippen LogP) is 3.52. The van der Waals surface area contributed by atoms with Gasteiger partial charge in [-0.2, -0.15) is 0 Å². The van der Waals surface area contributed by atoms with E-state index in [2.05, 4.69) is 10.3 Å². The number of rotatable bonds is 5. The molecule has 0 atom stereocenters. The summed E-state index contributed by atoms with van der Waals surface area (Å²) in [6.45, 7) is 2.64. The van der Waals surface area contributed by atoms with Crippen LogP contribution in [-0.4, -0.2) is 17.6 Å². The van der Waals surface area contributed by atoms with Gasteiger partial charge in [-0.1, -0.05) is 23.7 Å². The predicted molar refractivity (Wildman–Crippen MR) is 79.0 cm³/mol. The van der Waals surface area contributed by atoms with Gasteiger partial charge in [0.1, 0.15) is 11.4 Å². The van der Waals surface area contributed by atoms with Crippen molar-refractivity contribution in [3.05, 3.63) is 58.7 Å². The van der Waals surface area contributed by atoms with Crippen LogP contribution in [0, 0.1) is 0 Å². The lowest BCUT2D eigenvalue weighted by molar-refractivity contribution is 0.0527. The molecule has 0 amide bonds. The highest BCUT2D eigenvalue weighted by molar-refractivity contribution is 6.30. The lowest BCUT2D eigenvalue weighted by atomic mass is 10.2. The van der Waals surface area contributed by atoms with Crippen molar-refractivity contribution in [3.8, 4) is 0 Å². The third-order valence-electron chi connectivity index (χ3n) is 2.65. The Hall–Kier alpha value is -2.07. The molecule has 2 rings (SSSR count). The highest BCUT2D eigenvalue weighted by Gasteiger charge is 2.12. The summed E-state index contributed by atoms with van der Waals surface area (Å²) >= 11 is 5.93. The summed E-state index contributed by atoms with van der Waals surface area (Å²) in [5.74, 6) is 0.125. The molecule has 0 fully saturated rings. The maximum Gasteiger partial charge on any atom is 0.341 e. The van der Waals surface area contributed by atoms with Gasteiger partial charge in [-0.05, 0) is 36.8 Å². The van der Waals surface area contributed by atoms with Crippen molar-refractivity contribution in [2.75, 3.05) is 11.9 Å². The van der Waals surface area contributed by atoms with Crippen molar-refractivity contribution >= 4 is 23.4 Å². The molecular formula is C15H15ClN2O2. The second-order valence-corrected chi connectivity index (χ2v) is 4.54. The molecule has 0 aliphatic carbocycles. The minimum atomic E-state index is -0.380. The first kappa shape index (κ1) is 14.3. The molecule has 1 N–H and O–H groups in total. The molecule has 20 heavy (non-hydrogen) atoms. The van der Waals surface area contributed by atoms with Gasteiger partial charge in [0.15, 0.2) is 0 Å². The van der Waals surface area contributed by atoms with Crippen LogP contribution in [0.4, 0.5) is 5.82 Å². The Balaban J connectivity index is 2.11. The van der Waals surface area contributed by atoms with Crippen LogP contribution in [0.2, 0.25) is 5.02 Å². The fourth-order valence-electron chi connectivity index (χ4n) is 1.75. The van der Waals surface area contributed by atoms with E-state index in [1.165, 1.54) is 0 Å². The van der Waals surface area contributed by atoms with E-state index in [1.54, 1.807) is 25.3 Å². The van der Waals surface area contributed by atoms with Crippen molar-refractivity contribution in [1.29, 1.82) is 0 Å². The molecule has 0 aliphatic heterocycles. The molecule has 0 unspecified atom stereocenters. The van der Waals surface area contributed by atoms with E-state index in [4.69, 9.17) is 16.3 Å². The number of halogens is 1. The molecule has 1 aromatic carbocycles. The highest BCUT2D eigenvalue weighted by Crippen LogP contribution is 2.16. The van der Waals surface area contributed by atoms with Crippen molar-refractivity contribution in [2.24, 2.45) is 0 Å². The Morgan fingerprint density at radius 2 is 2.20 bits per heavy atom. The first-order valence-corrected chi connectivity index (χ1v) is 6.69. The average molecular weight is 291 g/mol. The van der Waals surface area contributed by atoms with Crippen LogP contribution < -0.4 is 5.32 Å². The number of benzene rings is 1. The standard InChI is InChI=1S/C15H15ClN2O2/c1-2-20-15(19)13-7-4-8-17-14(13)18-10-11-5-3-6-12(16)9-11/h3-9H,2,10H2,1H3,(H,17,18). The van der Waals surface area contributed by atoms with E-state index in [9.17, 15) is 4.79 Å². The van der Waals surface area contributed by atoms with Gasteiger partial charge in [0.25, 0.3) is 0 Å². The number of esters is 1. The first-order chi connectivity index (χ1) is 9.70. The summed E-state index contributed by atoms with van der Waals surface area (Å²) in [5.41, 5.74) is 1.44. The van der Waals surface area contributed by atoms with Crippen molar-refractivity contribution in [2.45, 2.75) is 13.5 Å². The highest BCUT2D eigenvalue weighted by atomic mass is 35.5. The lowest BCUT2D eigenvalue weighted by Gasteiger charge is -2.10. The number of carbonyl (C=O) groups excluding carboxylic acids is 1. The summed E-state index contributed by atoms with van der Waals surface area (Å²) in [6, 6.07) is 10.9. The average Bonchev–Trinajstić information content (AvgIpc) is 2.46. The minimum Gasteiger partial charge on any atom is -0.462 e. The Labute approximate surface area is 122 Å². The van der Waals surface area contributed by atoms with Crippen LogP contribution in [0.15, 0.2) is 42.6 Å². The molecule has 1 heterocycles. The number of pyridine rings is 1. The van der Waals surface area contributed by atoms with Gasteiger partial charge in [-0.3, -0.25) is 0 Å². The van der Waals surface area contributed by atoms with E-state index in [0.29, 0.717) is 29.6 Å².